The van der Waals surface area contributed by atoms with Gasteiger partial charge in [0.2, 0.25) is 0 Å². The summed E-state index contributed by atoms with van der Waals surface area (Å²) in [5.41, 5.74) is 0.504. The lowest BCUT2D eigenvalue weighted by Crippen LogP contribution is -2.36. The minimum Gasteiger partial charge on any atom is -0.545 e. The molecule has 29 heavy (non-hydrogen) atoms. The number of hydrazone groups is 1. The molecule has 2 amide bonds. The second kappa shape index (κ2) is 6.64. The third-order valence-corrected chi connectivity index (χ3v) is 4.53. The Bertz CT molecular complexity index is 1220. The van der Waals surface area contributed by atoms with Gasteiger partial charge in [-0.05, 0) is 29.3 Å². The first-order chi connectivity index (χ1) is 13.9. The zero-order valence-corrected chi connectivity index (χ0v) is 14.6. The van der Waals surface area contributed by atoms with Crippen LogP contribution in [0.3, 0.4) is 0 Å². The number of imide groups is 1. The van der Waals surface area contributed by atoms with E-state index in [2.05, 4.69) is 5.10 Å². The Morgan fingerprint density at radius 3 is 2.24 bits per heavy atom. The van der Waals surface area contributed by atoms with E-state index in [0.717, 1.165) is 0 Å². The number of carboxylic acid groups (broad SMARTS) is 1. The third-order valence-electron chi connectivity index (χ3n) is 4.53. The second-order valence-corrected chi connectivity index (χ2v) is 6.19. The molecule has 0 saturated carbocycles. The number of carboxylic acids is 1. The van der Waals surface area contributed by atoms with Crippen LogP contribution in [-0.4, -0.2) is 33.9 Å². The SMILES string of the molecule is O=C([O-])c1ccc(/C=N\N2C(=O)c3cccc4c([N+](=O)[O-])ccc(c34)C2=O)cc1. The van der Waals surface area contributed by atoms with Crippen molar-refractivity contribution in [2.45, 2.75) is 0 Å². The number of nitrogens with zero attached hydrogens (tertiary/aromatic N) is 3. The summed E-state index contributed by atoms with van der Waals surface area (Å²) in [5, 5.41) is 27.1. The van der Waals surface area contributed by atoms with Crippen molar-refractivity contribution in [1.82, 2.24) is 5.01 Å². The van der Waals surface area contributed by atoms with E-state index in [0.29, 0.717) is 10.6 Å². The number of benzene rings is 3. The maximum atomic E-state index is 12.8. The molecule has 0 saturated heterocycles. The van der Waals surface area contributed by atoms with E-state index in [9.17, 15) is 29.6 Å². The Morgan fingerprint density at radius 2 is 1.62 bits per heavy atom. The highest BCUT2D eigenvalue weighted by Crippen LogP contribution is 2.35. The predicted octanol–water partition coefficient (Wildman–Crippen LogP) is 1.74. The zero-order valence-electron chi connectivity index (χ0n) is 14.6. The Labute approximate surface area is 162 Å². The largest absolute Gasteiger partial charge is 0.545 e. The van der Waals surface area contributed by atoms with Crippen LogP contribution in [-0.2, 0) is 0 Å². The van der Waals surface area contributed by atoms with Gasteiger partial charge < -0.3 is 9.90 Å². The highest BCUT2D eigenvalue weighted by atomic mass is 16.6. The fourth-order valence-electron chi connectivity index (χ4n) is 3.16. The van der Waals surface area contributed by atoms with Gasteiger partial charge in [0.05, 0.1) is 33.6 Å². The van der Waals surface area contributed by atoms with Gasteiger partial charge in [-0.15, -0.1) is 0 Å². The number of non-ortho nitro benzene ring substituents is 1. The molecule has 9 heteroatoms. The lowest BCUT2D eigenvalue weighted by Gasteiger charge is -2.22. The Balaban J connectivity index is 1.75. The summed E-state index contributed by atoms with van der Waals surface area (Å²) < 4.78 is 0. The summed E-state index contributed by atoms with van der Waals surface area (Å²) in [6.45, 7) is 0. The molecule has 1 heterocycles. The molecule has 142 valence electrons. The van der Waals surface area contributed by atoms with E-state index < -0.39 is 22.7 Å². The molecule has 0 N–H and O–H groups in total. The maximum absolute atomic E-state index is 12.8. The number of carbonyl (C=O) groups is 3. The Kier molecular flexibility index (Phi) is 4.12. The summed E-state index contributed by atoms with van der Waals surface area (Å²) in [6, 6.07) is 12.5. The Hall–Kier alpha value is -4.40. The van der Waals surface area contributed by atoms with Gasteiger partial charge >= 0.3 is 0 Å². The van der Waals surface area contributed by atoms with Crippen LogP contribution >= 0.6 is 0 Å². The number of carbonyl (C=O) groups excluding carboxylic acids is 3. The first-order valence-electron chi connectivity index (χ1n) is 8.33. The quantitative estimate of drug-likeness (QED) is 0.289. The molecule has 0 fully saturated rings. The van der Waals surface area contributed by atoms with Gasteiger partial charge in [-0.25, -0.2) is 0 Å². The molecule has 9 nitrogen and oxygen atoms in total. The zero-order chi connectivity index (χ0) is 20.7. The number of hydrogen-bond donors (Lipinski definition) is 0. The summed E-state index contributed by atoms with van der Waals surface area (Å²) in [4.78, 5) is 47.1. The van der Waals surface area contributed by atoms with Crippen LogP contribution < -0.4 is 5.11 Å². The third kappa shape index (κ3) is 2.90. The van der Waals surface area contributed by atoms with E-state index in [4.69, 9.17) is 0 Å². The monoisotopic (exact) mass is 388 g/mol. The van der Waals surface area contributed by atoms with Gasteiger partial charge in [0.15, 0.2) is 0 Å². The number of aromatic carboxylic acids is 1. The Morgan fingerprint density at radius 1 is 0.966 bits per heavy atom. The van der Waals surface area contributed by atoms with Crippen LogP contribution in [0.2, 0.25) is 0 Å². The average Bonchev–Trinajstić information content (AvgIpc) is 2.71. The van der Waals surface area contributed by atoms with E-state index >= 15 is 0 Å². The van der Waals surface area contributed by atoms with Gasteiger partial charge in [-0.1, -0.05) is 30.3 Å². The number of nitro benzene ring substituents is 1. The van der Waals surface area contributed by atoms with Crippen molar-refractivity contribution in [2.75, 3.05) is 0 Å². The first kappa shape index (κ1) is 18.0. The molecular weight excluding hydrogens is 378 g/mol. The maximum Gasteiger partial charge on any atom is 0.282 e. The highest BCUT2D eigenvalue weighted by Gasteiger charge is 2.34. The molecule has 1 aliphatic rings. The van der Waals surface area contributed by atoms with Gasteiger partial charge in [0.25, 0.3) is 17.5 Å². The van der Waals surface area contributed by atoms with Gasteiger partial charge in [-0.2, -0.15) is 10.1 Å². The predicted molar refractivity (Wildman–Crippen MR) is 99.5 cm³/mol. The summed E-state index contributed by atoms with van der Waals surface area (Å²) in [6.07, 6.45) is 1.24. The molecule has 4 rings (SSSR count). The summed E-state index contributed by atoms with van der Waals surface area (Å²) >= 11 is 0. The summed E-state index contributed by atoms with van der Waals surface area (Å²) in [7, 11) is 0. The van der Waals surface area contributed by atoms with Crippen LogP contribution in [0.15, 0.2) is 59.7 Å². The van der Waals surface area contributed by atoms with E-state index in [-0.39, 0.29) is 33.2 Å². The van der Waals surface area contributed by atoms with Crippen LogP contribution in [0.5, 0.6) is 0 Å². The smallest absolute Gasteiger partial charge is 0.282 e. The van der Waals surface area contributed by atoms with E-state index in [1.807, 2.05) is 0 Å². The normalized spacial score (nSPS) is 13.3. The molecular formula is C20H10N3O6-. The van der Waals surface area contributed by atoms with Gasteiger partial charge in [-0.3, -0.25) is 19.7 Å². The molecule has 0 aromatic heterocycles. The molecule has 0 bridgehead atoms. The average molecular weight is 388 g/mol. The molecule has 1 aliphatic heterocycles. The van der Waals surface area contributed by atoms with Crippen LogP contribution in [0.4, 0.5) is 5.69 Å². The summed E-state index contributed by atoms with van der Waals surface area (Å²) in [5.74, 6) is -2.75. The van der Waals surface area contributed by atoms with E-state index in [1.165, 1.54) is 60.8 Å². The van der Waals surface area contributed by atoms with E-state index in [1.54, 1.807) is 0 Å². The molecule has 0 aliphatic carbocycles. The van der Waals surface area contributed by atoms with Crippen LogP contribution in [0.25, 0.3) is 10.8 Å². The fourth-order valence-corrected chi connectivity index (χ4v) is 3.16. The van der Waals surface area contributed by atoms with Crippen molar-refractivity contribution < 1.29 is 24.4 Å². The molecule has 0 atom stereocenters. The number of nitro groups is 1. The standard InChI is InChI=1S/C20H11N3O6/c24-18-14-3-1-2-13-16(23(28)29)9-8-15(17(13)14)19(25)22(18)21-10-11-4-6-12(7-5-11)20(26)27/h1-10H,(H,26,27)/p-1/b21-10-. The second-order valence-electron chi connectivity index (χ2n) is 6.19. The number of amides is 2. The minimum absolute atomic E-state index is 0.0190. The van der Waals surface area contributed by atoms with Crippen LogP contribution in [0.1, 0.15) is 36.6 Å². The molecule has 3 aromatic carbocycles. The highest BCUT2D eigenvalue weighted by molar-refractivity contribution is 6.26. The van der Waals surface area contributed by atoms with Crippen molar-refractivity contribution in [3.8, 4) is 0 Å². The fraction of sp³-hybridized carbons (Fsp3) is 0. The molecule has 0 spiro atoms. The molecule has 0 unspecified atom stereocenters. The first-order valence-corrected chi connectivity index (χ1v) is 8.33. The van der Waals surface area contributed by atoms with Crippen molar-refractivity contribution in [3.05, 3.63) is 87.0 Å². The molecule has 0 radical (unpaired) electrons. The van der Waals surface area contributed by atoms with Gasteiger partial charge in [0.1, 0.15) is 0 Å². The number of hydrogen-bond acceptors (Lipinski definition) is 7. The lowest BCUT2D eigenvalue weighted by molar-refractivity contribution is -0.383. The van der Waals surface area contributed by atoms with Crippen molar-refractivity contribution in [2.24, 2.45) is 5.10 Å². The molecule has 3 aromatic rings. The van der Waals surface area contributed by atoms with Crippen molar-refractivity contribution in [1.29, 1.82) is 0 Å². The van der Waals surface area contributed by atoms with Crippen molar-refractivity contribution >= 4 is 40.5 Å². The van der Waals surface area contributed by atoms with Gasteiger partial charge in [0, 0.05) is 11.5 Å². The van der Waals surface area contributed by atoms with Crippen molar-refractivity contribution in [3.63, 3.8) is 0 Å². The lowest BCUT2D eigenvalue weighted by atomic mass is 9.94. The number of rotatable bonds is 4. The van der Waals surface area contributed by atoms with Crippen LogP contribution in [0, 0.1) is 10.1 Å². The minimum atomic E-state index is -1.33. The topological polar surface area (TPSA) is 133 Å².